The second-order valence-corrected chi connectivity index (χ2v) is 8.85. The Labute approximate surface area is 173 Å². The Kier molecular flexibility index (Phi) is 5.40. The fourth-order valence-electron chi connectivity index (χ4n) is 4.95. The van der Waals surface area contributed by atoms with Crippen LogP contribution in [-0.2, 0) is 0 Å². The summed E-state index contributed by atoms with van der Waals surface area (Å²) in [6.45, 7) is 4.94. The monoisotopic (exact) mass is 424 g/mol. The van der Waals surface area contributed by atoms with Crippen LogP contribution in [0.15, 0.2) is 12.1 Å². The van der Waals surface area contributed by atoms with Crippen molar-refractivity contribution in [1.29, 1.82) is 0 Å². The van der Waals surface area contributed by atoms with E-state index < -0.39 is 18.2 Å². The summed E-state index contributed by atoms with van der Waals surface area (Å²) in [4.78, 5) is 17.5. The van der Waals surface area contributed by atoms with E-state index in [1.54, 1.807) is 4.52 Å². The number of rotatable bonds is 2. The van der Waals surface area contributed by atoms with Crippen LogP contribution in [0, 0.1) is 18.8 Å². The second kappa shape index (κ2) is 7.74. The van der Waals surface area contributed by atoms with Gasteiger partial charge in [0.05, 0.1) is 17.3 Å². The number of aromatic nitrogens is 3. The molecule has 0 aromatic carbocycles. The zero-order chi connectivity index (χ0) is 21.6. The molecule has 9 heteroatoms. The van der Waals surface area contributed by atoms with Crippen LogP contribution >= 0.6 is 0 Å². The largest absolute Gasteiger partial charge is 0.465 e. The molecule has 1 saturated carbocycles. The second-order valence-electron chi connectivity index (χ2n) is 8.85. The maximum absolute atomic E-state index is 13.0. The highest BCUT2D eigenvalue weighted by molar-refractivity contribution is 5.65. The standard InChI is InChI=1S/C21H27F3N4O2/c1-12-7-8-27(20(29)30)11-16(12)18-9-13(2)25-19-10-17(26-28(18)19)14-3-5-15(6-4-14)21(22,23)24/h9-10,12,14-16H,3-8,11H2,1-2H3,(H,29,30)/t12-,14?,15?,16+/m1/s1. The Morgan fingerprint density at radius 1 is 1.17 bits per heavy atom. The molecule has 30 heavy (non-hydrogen) atoms. The van der Waals surface area contributed by atoms with E-state index in [9.17, 15) is 23.1 Å². The van der Waals surface area contributed by atoms with Gasteiger partial charge in [0.2, 0.25) is 0 Å². The van der Waals surface area contributed by atoms with Gasteiger partial charge in [-0.15, -0.1) is 0 Å². The maximum Gasteiger partial charge on any atom is 0.407 e. The van der Waals surface area contributed by atoms with Crippen molar-refractivity contribution >= 4 is 11.7 Å². The van der Waals surface area contributed by atoms with Crippen LogP contribution in [0.25, 0.3) is 5.65 Å². The summed E-state index contributed by atoms with van der Waals surface area (Å²) in [5.41, 5.74) is 3.21. The van der Waals surface area contributed by atoms with Crippen molar-refractivity contribution in [1.82, 2.24) is 19.5 Å². The van der Waals surface area contributed by atoms with Crippen molar-refractivity contribution in [2.45, 2.75) is 64.0 Å². The quantitative estimate of drug-likeness (QED) is 0.738. The van der Waals surface area contributed by atoms with E-state index in [0.29, 0.717) is 37.5 Å². The van der Waals surface area contributed by atoms with E-state index in [1.807, 2.05) is 19.1 Å². The lowest BCUT2D eigenvalue weighted by atomic mass is 9.80. The van der Waals surface area contributed by atoms with E-state index in [4.69, 9.17) is 5.10 Å². The van der Waals surface area contributed by atoms with Gasteiger partial charge in [-0.1, -0.05) is 6.92 Å². The van der Waals surface area contributed by atoms with E-state index in [2.05, 4.69) is 11.9 Å². The number of fused-ring (bicyclic) bond motifs is 1. The summed E-state index contributed by atoms with van der Waals surface area (Å²) in [6.07, 6.45) is -3.07. The third kappa shape index (κ3) is 3.98. The average Bonchev–Trinajstić information content (AvgIpc) is 3.11. The van der Waals surface area contributed by atoms with Crippen LogP contribution in [0.5, 0.6) is 0 Å². The van der Waals surface area contributed by atoms with Crippen LogP contribution in [0.3, 0.4) is 0 Å². The van der Waals surface area contributed by atoms with Gasteiger partial charge >= 0.3 is 12.3 Å². The first-order chi connectivity index (χ1) is 14.1. The maximum atomic E-state index is 13.0. The number of halogens is 3. The molecule has 2 fully saturated rings. The summed E-state index contributed by atoms with van der Waals surface area (Å²) in [6, 6.07) is 3.84. The Balaban J connectivity index is 1.63. The van der Waals surface area contributed by atoms with E-state index in [0.717, 1.165) is 23.5 Å². The van der Waals surface area contributed by atoms with Gasteiger partial charge in [0, 0.05) is 36.7 Å². The predicted octanol–water partition coefficient (Wildman–Crippen LogP) is 4.98. The minimum absolute atomic E-state index is 0.00208. The minimum atomic E-state index is -4.12. The van der Waals surface area contributed by atoms with E-state index in [1.165, 1.54) is 4.90 Å². The number of alkyl halides is 3. The summed E-state index contributed by atoms with van der Waals surface area (Å²) >= 11 is 0. The smallest absolute Gasteiger partial charge is 0.407 e. The molecule has 2 aromatic rings. The molecular formula is C21H27F3N4O2. The summed E-state index contributed by atoms with van der Waals surface area (Å²) < 4.78 is 40.8. The van der Waals surface area contributed by atoms with Crippen molar-refractivity contribution in [3.05, 3.63) is 29.2 Å². The first-order valence-electron chi connectivity index (χ1n) is 10.5. The Morgan fingerprint density at radius 3 is 2.50 bits per heavy atom. The Morgan fingerprint density at radius 2 is 1.87 bits per heavy atom. The van der Waals surface area contributed by atoms with Crippen LogP contribution in [-0.4, -0.2) is 50.0 Å². The summed E-state index contributed by atoms with van der Waals surface area (Å²) in [5, 5.41) is 14.2. The van der Waals surface area contributed by atoms with Gasteiger partial charge in [-0.2, -0.15) is 18.3 Å². The molecule has 1 aliphatic heterocycles. The molecule has 2 aromatic heterocycles. The van der Waals surface area contributed by atoms with Crippen molar-refractivity contribution in [3.8, 4) is 0 Å². The van der Waals surface area contributed by atoms with Crippen molar-refractivity contribution in [2.75, 3.05) is 13.1 Å². The van der Waals surface area contributed by atoms with Gasteiger partial charge < -0.3 is 10.0 Å². The van der Waals surface area contributed by atoms with Gasteiger partial charge in [0.15, 0.2) is 5.65 Å². The number of nitrogens with zero attached hydrogens (tertiary/aromatic N) is 4. The molecule has 0 bridgehead atoms. The lowest BCUT2D eigenvalue weighted by Crippen LogP contribution is -2.42. The zero-order valence-electron chi connectivity index (χ0n) is 17.2. The third-order valence-corrected chi connectivity index (χ3v) is 6.82. The lowest BCUT2D eigenvalue weighted by Gasteiger charge is -2.35. The molecule has 164 valence electrons. The number of hydrogen-bond donors (Lipinski definition) is 1. The highest BCUT2D eigenvalue weighted by atomic mass is 19.4. The normalized spacial score (nSPS) is 28.1. The highest BCUT2D eigenvalue weighted by Gasteiger charge is 2.42. The van der Waals surface area contributed by atoms with Crippen LogP contribution < -0.4 is 0 Å². The molecule has 1 aliphatic carbocycles. The topological polar surface area (TPSA) is 70.7 Å². The van der Waals surface area contributed by atoms with Crippen molar-refractivity contribution < 1.29 is 23.1 Å². The predicted molar refractivity (Wildman–Crippen MR) is 105 cm³/mol. The van der Waals surface area contributed by atoms with E-state index >= 15 is 0 Å². The van der Waals surface area contributed by atoms with E-state index in [-0.39, 0.29) is 24.7 Å². The molecule has 1 amide bonds. The van der Waals surface area contributed by atoms with Crippen molar-refractivity contribution in [2.24, 2.45) is 11.8 Å². The fourth-order valence-corrected chi connectivity index (χ4v) is 4.95. The number of aryl methyl sites for hydroxylation is 1. The van der Waals surface area contributed by atoms with Crippen LogP contribution in [0.4, 0.5) is 18.0 Å². The van der Waals surface area contributed by atoms with Gasteiger partial charge in [-0.25, -0.2) is 14.3 Å². The van der Waals surface area contributed by atoms with Gasteiger partial charge in [0.1, 0.15) is 0 Å². The Hall–Kier alpha value is -2.32. The molecule has 6 nitrogen and oxygen atoms in total. The molecule has 1 N–H and O–H groups in total. The summed E-state index contributed by atoms with van der Waals surface area (Å²) in [7, 11) is 0. The first kappa shape index (κ1) is 20.9. The molecule has 0 unspecified atom stereocenters. The number of hydrogen-bond acceptors (Lipinski definition) is 3. The van der Waals surface area contributed by atoms with Crippen LogP contribution in [0.2, 0.25) is 0 Å². The molecule has 0 spiro atoms. The summed E-state index contributed by atoms with van der Waals surface area (Å²) in [5.74, 6) is -0.933. The molecule has 3 heterocycles. The molecule has 0 radical (unpaired) electrons. The molecular weight excluding hydrogens is 397 g/mol. The SMILES string of the molecule is Cc1cc([C@H]2CN(C(=O)O)CC[C@H]2C)n2nc(C3CCC(C(F)(F)F)CC3)cc2n1. The number of piperidine rings is 1. The van der Waals surface area contributed by atoms with Gasteiger partial charge in [0.25, 0.3) is 0 Å². The minimum Gasteiger partial charge on any atom is -0.465 e. The third-order valence-electron chi connectivity index (χ3n) is 6.82. The van der Waals surface area contributed by atoms with Crippen LogP contribution in [0.1, 0.15) is 67.9 Å². The average molecular weight is 424 g/mol. The number of amides is 1. The number of likely N-dealkylation sites (tertiary alicyclic amines) is 1. The van der Waals surface area contributed by atoms with Gasteiger partial charge in [-0.3, -0.25) is 0 Å². The molecule has 2 aliphatic rings. The van der Waals surface area contributed by atoms with Crippen molar-refractivity contribution in [3.63, 3.8) is 0 Å². The number of carboxylic acid groups (broad SMARTS) is 1. The molecule has 1 saturated heterocycles. The highest BCUT2D eigenvalue weighted by Crippen LogP contribution is 2.43. The molecule has 2 atom stereocenters. The zero-order valence-corrected chi connectivity index (χ0v) is 17.2. The number of carbonyl (C=O) groups is 1. The van der Waals surface area contributed by atoms with Gasteiger partial charge in [-0.05, 0) is 51.0 Å². The Bertz CT molecular complexity index is 934. The first-order valence-corrected chi connectivity index (χ1v) is 10.5. The fraction of sp³-hybridized carbons (Fsp3) is 0.667. The molecule has 4 rings (SSSR count). The lowest BCUT2D eigenvalue weighted by molar-refractivity contribution is -0.182.